The van der Waals surface area contributed by atoms with Crippen molar-refractivity contribution in [3.63, 3.8) is 0 Å². The molecule has 0 saturated heterocycles. The fraction of sp³-hybridized carbons (Fsp3) is 0.200. The maximum atomic E-state index is 12.0. The van der Waals surface area contributed by atoms with Crippen LogP contribution in [0.3, 0.4) is 0 Å². The lowest BCUT2D eigenvalue weighted by Gasteiger charge is -2.05. The van der Waals surface area contributed by atoms with E-state index in [9.17, 15) is 9.59 Å². The summed E-state index contributed by atoms with van der Waals surface area (Å²) in [4.78, 5) is 23.5. The van der Waals surface area contributed by atoms with Crippen LogP contribution in [0.15, 0.2) is 40.8 Å². The van der Waals surface area contributed by atoms with Gasteiger partial charge in [0.05, 0.1) is 6.54 Å². The number of hydrogen-bond donors (Lipinski definition) is 2. The van der Waals surface area contributed by atoms with Crippen molar-refractivity contribution in [2.24, 2.45) is 0 Å². The molecule has 1 heterocycles. The van der Waals surface area contributed by atoms with Gasteiger partial charge in [-0.05, 0) is 37.3 Å². The Morgan fingerprint density at radius 3 is 2.40 bits per heavy atom. The zero-order valence-corrected chi connectivity index (χ0v) is 11.4. The monoisotopic (exact) mass is 272 g/mol. The van der Waals surface area contributed by atoms with Crippen molar-refractivity contribution in [2.75, 3.05) is 7.05 Å². The Morgan fingerprint density at radius 2 is 1.80 bits per heavy atom. The SMILES string of the molecule is CNC(=O)c1cccc(C(=O)NCc2ccc(C)o2)c1. The van der Waals surface area contributed by atoms with Crippen LogP contribution in [0, 0.1) is 6.92 Å². The van der Waals surface area contributed by atoms with Crippen LogP contribution in [0.4, 0.5) is 0 Å². The van der Waals surface area contributed by atoms with E-state index in [4.69, 9.17) is 4.42 Å². The molecule has 0 bridgehead atoms. The maximum absolute atomic E-state index is 12.0. The first kappa shape index (κ1) is 13.9. The first-order valence-electron chi connectivity index (χ1n) is 6.26. The number of rotatable bonds is 4. The average molecular weight is 272 g/mol. The van der Waals surface area contributed by atoms with Gasteiger partial charge in [-0.2, -0.15) is 0 Å². The van der Waals surface area contributed by atoms with Gasteiger partial charge in [-0.25, -0.2) is 0 Å². The molecule has 5 nitrogen and oxygen atoms in total. The summed E-state index contributed by atoms with van der Waals surface area (Å²) >= 11 is 0. The van der Waals surface area contributed by atoms with Crippen molar-refractivity contribution in [3.8, 4) is 0 Å². The fourth-order valence-corrected chi connectivity index (χ4v) is 1.80. The van der Waals surface area contributed by atoms with Gasteiger partial charge in [0.15, 0.2) is 0 Å². The summed E-state index contributed by atoms with van der Waals surface area (Å²) in [6.45, 7) is 2.16. The molecule has 1 aromatic heterocycles. The van der Waals surface area contributed by atoms with Gasteiger partial charge in [0, 0.05) is 18.2 Å². The van der Waals surface area contributed by atoms with E-state index in [1.54, 1.807) is 31.3 Å². The molecule has 0 aliphatic heterocycles. The Morgan fingerprint density at radius 1 is 1.10 bits per heavy atom. The highest BCUT2D eigenvalue weighted by atomic mass is 16.3. The molecule has 2 N–H and O–H groups in total. The van der Waals surface area contributed by atoms with Crippen molar-refractivity contribution >= 4 is 11.8 Å². The second kappa shape index (κ2) is 6.06. The predicted molar refractivity (Wildman–Crippen MR) is 74.4 cm³/mol. The number of carbonyl (C=O) groups excluding carboxylic acids is 2. The van der Waals surface area contributed by atoms with E-state index in [-0.39, 0.29) is 11.8 Å². The van der Waals surface area contributed by atoms with Crippen molar-refractivity contribution in [1.29, 1.82) is 0 Å². The third-order valence-electron chi connectivity index (χ3n) is 2.83. The molecule has 20 heavy (non-hydrogen) atoms. The minimum absolute atomic E-state index is 0.221. The molecule has 5 heteroatoms. The lowest BCUT2D eigenvalue weighted by molar-refractivity contribution is 0.0948. The largest absolute Gasteiger partial charge is 0.465 e. The minimum atomic E-state index is -0.246. The zero-order chi connectivity index (χ0) is 14.5. The first-order valence-corrected chi connectivity index (χ1v) is 6.26. The van der Waals surface area contributed by atoms with E-state index in [1.807, 2.05) is 19.1 Å². The number of hydrogen-bond acceptors (Lipinski definition) is 3. The van der Waals surface area contributed by atoms with Crippen molar-refractivity contribution in [3.05, 3.63) is 59.0 Å². The molecule has 0 radical (unpaired) electrons. The van der Waals surface area contributed by atoms with Gasteiger partial charge < -0.3 is 15.1 Å². The van der Waals surface area contributed by atoms with E-state index in [0.717, 1.165) is 5.76 Å². The minimum Gasteiger partial charge on any atom is -0.465 e. The Labute approximate surface area is 117 Å². The number of amides is 2. The highest BCUT2D eigenvalue weighted by Gasteiger charge is 2.10. The van der Waals surface area contributed by atoms with Crippen molar-refractivity contribution < 1.29 is 14.0 Å². The van der Waals surface area contributed by atoms with E-state index in [2.05, 4.69) is 10.6 Å². The summed E-state index contributed by atoms with van der Waals surface area (Å²) in [5.41, 5.74) is 0.892. The summed E-state index contributed by atoms with van der Waals surface area (Å²) in [6.07, 6.45) is 0. The molecule has 2 aromatic rings. The molecule has 1 aromatic carbocycles. The molecule has 0 atom stereocenters. The summed E-state index contributed by atoms with van der Waals surface area (Å²) in [5.74, 6) is 1.03. The Balaban J connectivity index is 2.03. The smallest absolute Gasteiger partial charge is 0.251 e. The molecule has 0 fully saturated rings. The van der Waals surface area contributed by atoms with Crippen LogP contribution >= 0.6 is 0 Å². The molecule has 2 rings (SSSR count). The highest BCUT2D eigenvalue weighted by Crippen LogP contribution is 2.08. The Bertz CT molecular complexity index is 632. The van der Waals surface area contributed by atoms with E-state index in [0.29, 0.717) is 23.4 Å². The summed E-state index contributed by atoms with van der Waals surface area (Å²) < 4.78 is 5.37. The van der Waals surface area contributed by atoms with Gasteiger partial charge in [-0.15, -0.1) is 0 Å². The highest BCUT2D eigenvalue weighted by molar-refractivity contribution is 5.99. The number of furan rings is 1. The van der Waals surface area contributed by atoms with Gasteiger partial charge >= 0.3 is 0 Å². The number of aryl methyl sites for hydroxylation is 1. The van der Waals surface area contributed by atoms with Crippen molar-refractivity contribution in [2.45, 2.75) is 13.5 Å². The third kappa shape index (κ3) is 3.26. The zero-order valence-electron chi connectivity index (χ0n) is 11.4. The molecule has 0 unspecified atom stereocenters. The quantitative estimate of drug-likeness (QED) is 0.892. The second-order valence-electron chi connectivity index (χ2n) is 4.35. The van der Waals surface area contributed by atoms with Gasteiger partial charge in [-0.1, -0.05) is 6.07 Å². The molecule has 2 amide bonds. The number of nitrogens with one attached hydrogen (secondary N) is 2. The van der Waals surface area contributed by atoms with Crippen LogP contribution in [-0.2, 0) is 6.54 Å². The van der Waals surface area contributed by atoms with Crippen molar-refractivity contribution in [1.82, 2.24) is 10.6 Å². The molecule has 104 valence electrons. The predicted octanol–water partition coefficient (Wildman–Crippen LogP) is 1.88. The van der Waals surface area contributed by atoms with E-state index in [1.165, 1.54) is 0 Å². The van der Waals surface area contributed by atoms with Crippen LogP contribution in [0.2, 0.25) is 0 Å². The number of carbonyl (C=O) groups is 2. The number of benzene rings is 1. The lowest BCUT2D eigenvalue weighted by Crippen LogP contribution is -2.23. The molecule has 0 spiro atoms. The van der Waals surface area contributed by atoms with Gasteiger partial charge in [0.2, 0.25) is 0 Å². The second-order valence-corrected chi connectivity index (χ2v) is 4.35. The summed E-state index contributed by atoms with van der Waals surface area (Å²) in [6, 6.07) is 10.2. The van der Waals surface area contributed by atoms with Gasteiger partial charge in [0.1, 0.15) is 11.5 Å². The molecule has 0 saturated carbocycles. The molecule has 0 aliphatic carbocycles. The lowest BCUT2D eigenvalue weighted by atomic mass is 10.1. The van der Waals surface area contributed by atoms with E-state index >= 15 is 0 Å². The van der Waals surface area contributed by atoms with Crippen LogP contribution < -0.4 is 10.6 Å². The topological polar surface area (TPSA) is 71.3 Å². The normalized spacial score (nSPS) is 10.1. The van der Waals surface area contributed by atoms with Gasteiger partial charge in [-0.3, -0.25) is 9.59 Å². The third-order valence-corrected chi connectivity index (χ3v) is 2.83. The van der Waals surface area contributed by atoms with Gasteiger partial charge in [0.25, 0.3) is 11.8 Å². The molecule has 0 aliphatic rings. The Kier molecular flexibility index (Phi) is 4.20. The fourth-order valence-electron chi connectivity index (χ4n) is 1.80. The standard InChI is InChI=1S/C15H16N2O3/c1-10-6-7-13(20-10)9-17-15(19)12-5-3-4-11(8-12)14(18)16-2/h3-8H,9H2,1-2H3,(H,16,18)(H,17,19). The average Bonchev–Trinajstić information content (AvgIpc) is 2.89. The maximum Gasteiger partial charge on any atom is 0.251 e. The van der Waals surface area contributed by atoms with Crippen LogP contribution in [0.5, 0.6) is 0 Å². The molecular weight excluding hydrogens is 256 g/mol. The first-order chi connectivity index (χ1) is 9.60. The molecular formula is C15H16N2O3. The van der Waals surface area contributed by atoms with Crippen LogP contribution in [-0.4, -0.2) is 18.9 Å². The Hall–Kier alpha value is -2.56. The van der Waals surface area contributed by atoms with Crippen LogP contribution in [0.25, 0.3) is 0 Å². The summed E-state index contributed by atoms with van der Waals surface area (Å²) in [7, 11) is 1.55. The van der Waals surface area contributed by atoms with E-state index < -0.39 is 0 Å². The summed E-state index contributed by atoms with van der Waals surface area (Å²) in [5, 5.41) is 5.27. The van der Waals surface area contributed by atoms with Crippen LogP contribution in [0.1, 0.15) is 32.2 Å².